The van der Waals surface area contributed by atoms with E-state index in [0.717, 1.165) is 5.52 Å². The van der Waals surface area contributed by atoms with Gasteiger partial charge in [0, 0.05) is 17.1 Å². The van der Waals surface area contributed by atoms with Crippen molar-refractivity contribution in [3.8, 4) is 0 Å². The van der Waals surface area contributed by atoms with Crippen molar-refractivity contribution in [2.75, 3.05) is 0 Å². The van der Waals surface area contributed by atoms with E-state index in [1.165, 1.54) is 6.07 Å². The highest BCUT2D eigenvalue weighted by Gasteiger charge is 2.15. The fourth-order valence-electron chi connectivity index (χ4n) is 2.17. The molecule has 4 heteroatoms. The third-order valence-corrected chi connectivity index (χ3v) is 2.76. The van der Waals surface area contributed by atoms with Gasteiger partial charge in [-0.1, -0.05) is 6.07 Å². The van der Waals surface area contributed by atoms with E-state index in [0.29, 0.717) is 11.1 Å². The second-order valence-corrected chi connectivity index (χ2v) is 4.34. The van der Waals surface area contributed by atoms with Gasteiger partial charge in [-0.2, -0.15) is 0 Å². The van der Waals surface area contributed by atoms with Crippen LogP contribution in [0.1, 0.15) is 25.6 Å². The summed E-state index contributed by atoms with van der Waals surface area (Å²) in [5.74, 6) is -1.22. The standard InChI is InChI=1S/C13H14FNO2/c1-8(2)15-9(7-13(16)17)6-10-11(14)4-3-5-12(10)15/h3-6,8H,7H2,1-2H3,(H,16,17). The summed E-state index contributed by atoms with van der Waals surface area (Å²) in [5.41, 5.74) is 1.38. The lowest BCUT2D eigenvalue weighted by molar-refractivity contribution is -0.136. The van der Waals surface area contributed by atoms with E-state index in [1.807, 2.05) is 24.5 Å². The molecule has 0 amide bonds. The van der Waals surface area contributed by atoms with Gasteiger partial charge in [0.25, 0.3) is 0 Å². The van der Waals surface area contributed by atoms with Gasteiger partial charge >= 0.3 is 5.97 Å². The first-order valence-electron chi connectivity index (χ1n) is 5.51. The minimum Gasteiger partial charge on any atom is -0.481 e. The molecule has 90 valence electrons. The van der Waals surface area contributed by atoms with Crippen molar-refractivity contribution in [3.05, 3.63) is 35.8 Å². The lowest BCUT2D eigenvalue weighted by Gasteiger charge is -2.13. The van der Waals surface area contributed by atoms with Gasteiger partial charge in [-0.15, -0.1) is 0 Å². The molecule has 2 rings (SSSR count). The number of rotatable bonds is 3. The summed E-state index contributed by atoms with van der Waals surface area (Å²) in [4.78, 5) is 10.8. The van der Waals surface area contributed by atoms with Crippen molar-refractivity contribution in [2.45, 2.75) is 26.3 Å². The smallest absolute Gasteiger partial charge is 0.309 e. The molecule has 0 radical (unpaired) electrons. The topological polar surface area (TPSA) is 42.2 Å². The average molecular weight is 235 g/mol. The van der Waals surface area contributed by atoms with Crippen LogP contribution in [0.3, 0.4) is 0 Å². The number of nitrogens with zero attached hydrogens (tertiary/aromatic N) is 1. The summed E-state index contributed by atoms with van der Waals surface area (Å²) in [6.45, 7) is 3.91. The molecule has 1 heterocycles. The molecule has 1 N–H and O–H groups in total. The first-order chi connectivity index (χ1) is 8.00. The van der Waals surface area contributed by atoms with Crippen LogP contribution < -0.4 is 0 Å². The van der Waals surface area contributed by atoms with Crippen LogP contribution in [-0.4, -0.2) is 15.6 Å². The first kappa shape index (κ1) is 11.6. The summed E-state index contributed by atoms with van der Waals surface area (Å²) >= 11 is 0. The monoisotopic (exact) mass is 235 g/mol. The Morgan fingerprint density at radius 2 is 2.18 bits per heavy atom. The molecule has 0 aliphatic heterocycles. The van der Waals surface area contributed by atoms with E-state index in [4.69, 9.17) is 5.11 Å². The molecule has 1 aromatic heterocycles. The van der Waals surface area contributed by atoms with Crippen molar-refractivity contribution in [2.24, 2.45) is 0 Å². The Hall–Kier alpha value is -1.84. The van der Waals surface area contributed by atoms with E-state index < -0.39 is 5.97 Å². The van der Waals surface area contributed by atoms with Gasteiger partial charge in [0.15, 0.2) is 0 Å². The molecule has 0 unspecified atom stereocenters. The molecule has 0 saturated heterocycles. The molecule has 0 atom stereocenters. The molecule has 0 saturated carbocycles. The van der Waals surface area contributed by atoms with E-state index >= 15 is 0 Å². The molecule has 0 aliphatic carbocycles. The molecule has 0 bridgehead atoms. The number of benzene rings is 1. The van der Waals surface area contributed by atoms with E-state index in [9.17, 15) is 9.18 Å². The van der Waals surface area contributed by atoms with Crippen LogP contribution in [0.2, 0.25) is 0 Å². The SMILES string of the molecule is CC(C)n1c(CC(=O)O)cc2c(F)cccc21. The summed E-state index contributed by atoms with van der Waals surface area (Å²) in [6, 6.07) is 6.56. The largest absolute Gasteiger partial charge is 0.481 e. The van der Waals surface area contributed by atoms with Crippen molar-refractivity contribution >= 4 is 16.9 Å². The highest BCUT2D eigenvalue weighted by molar-refractivity contribution is 5.84. The fraction of sp³-hybridized carbons (Fsp3) is 0.308. The van der Waals surface area contributed by atoms with Gasteiger partial charge in [-0.3, -0.25) is 4.79 Å². The normalized spacial score (nSPS) is 11.3. The average Bonchev–Trinajstić information content (AvgIpc) is 2.56. The maximum absolute atomic E-state index is 13.6. The second kappa shape index (κ2) is 4.20. The second-order valence-electron chi connectivity index (χ2n) is 4.34. The van der Waals surface area contributed by atoms with Gasteiger partial charge < -0.3 is 9.67 Å². The zero-order valence-electron chi connectivity index (χ0n) is 9.77. The molecule has 17 heavy (non-hydrogen) atoms. The Kier molecular flexibility index (Phi) is 2.88. The molecule has 0 aliphatic rings. The van der Waals surface area contributed by atoms with Crippen LogP contribution in [0.4, 0.5) is 4.39 Å². The predicted molar refractivity (Wildman–Crippen MR) is 63.6 cm³/mol. The molecular weight excluding hydrogens is 221 g/mol. The lowest BCUT2D eigenvalue weighted by Crippen LogP contribution is -2.09. The molecule has 1 aromatic carbocycles. The Bertz CT molecular complexity index is 572. The molecular formula is C13H14FNO2. The van der Waals surface area contributed by atoms with Crippen LogP contribution in [0.25, 0.3) is 10.9 Å². The maximum Gasteiger partial charge on any atom is 0.309 e. The number of hydrogen-bond acceptors (Lipinski definition) is 1. The van der Waals surface area contributed by atoms with Crippen molar-refractivity contribution in [1.29, 1.82) is 0 Å². The van der Waals surface area contributed by atoms with Crippen LogP contribution >= 0.6 is 0 Å². The number of aromatic nitrogens is 1. The van der Waals surface area contributed by atoms with Crippen molar-refractivity contribution < 1.29 is 14.3 Å². The van der Waals surface area contributed by atoms with E-state index in [-0.39, 0.29) is 18.3 Å². The minimum atomic E-state index is -0.907. The predicted octanol–water partition coefficient (Wildman–Crippen LogP) is 2.99. The Labute approximate surface area is 98.5 Å². The van der Waals surface area contributed by atoms with Crippen LogP contribution in [0.5, 0.6) is 0 Å². The van der Waals surface area contributed by atoms with Gasteiger partial charge in [-0.25, -0.2) is 4.39 Å². The zero-order chi connectivity index (χ0) is 12.6. The van der Waals surface area contributed by atoms with E-state index in [1.54, 1.807) is 12.1 Å². The number of aliphatic carboxylic acids is 1. The molecule has 3 nitrogen and oxygen atoms in total. The summed E-state index contributed by atoms with van der Waals surface area (Å²) in [7, 11) is 0. The third kappa shape index (κ3) is 2.02. The van der Waals surface area contributed by atoms with Crippen LogP contribution in [0, 0.1) is 5.82 Å². The highest BCUT2D eigenvalue weighted by Crippen LogP contribution is 2.26. The fourth-order valence-corrected chi connectivity index (χ4v) is 2.17. The number of carboxylic acid groups (broad SMARTS) is 1. The molecule has 0 spiro atoms. The Morgan fingerprint density at radius 3 is 2.76 bits per heavy atom. The van der Waals surface area contributed by atoms with Crippen LogP contribution in [0.15, 0.2) is 24.3 Å². The zero-order valence-corrected chi connectivity index (χ0v) is 9.77. The Balaban J connectivity index is 2.70. The summed E-state index contributed by atoms with van der Waals surface area (Å²) in [5, 5.41) is 9.34. The number of halogens is 1. The van der Waals surface area contributed by atoms with Gasteiger partial charge in [0.1, 0.15) is 5.82 Å². The lowest BCUT2D eigenvalue weighted by atomic mass is 10.2. The van der Waals surface area contributed by atoms with Gasteiger partial charge in [-0.05, 0) is 32.0 Å². The first-order valence-corrected chi connectivity index (χ1v) is 5.51. The van der Waals surface area contributed by atoms with E-state index in [2.05, 4.69) is 0 Å². The number of hydrogen-bond donors (Lipinski definition) is 1. The number of fused-ring (bicyclic) bond motifs is 1. The Morgan fingerprint density at radius 1 is 1.47 bits per heavy atom. The van der Waals surface area contributed by atoms with Crippen molar-refractivity contribution in [1.82, 2.24) is 4.57 Å². The summed E-state index contributed by atoms with van der Waals surface area (Å²) < 4.78 is 15.5. The quantitative estimate of drug-likeness (QED) is 0.888. The molecule has 0 fully saturated rings. The van der Waals surface area contributed by atoms with Crippen LogP contribution in [-0.2, 0) is 11.2 Å². The van der Waals surface area contributed by atoms with Gasteiger partial charge in [0.2, 0.25) is 0 Å². The summed E-state index contributed by atoms with van der Waals surface area (Å²) in [6.07, 6.45) is -0.0910. The van der Waals surface area contributed by atoms with Gasteiger partial charge in [0.05, 0.1) is 11.9 Å². The third-order valence-electron chi connectivity index (χ3n) is 2.76. The number of carboxylic acids is 1. The van der Waals surface area contributed by atoms with Crippen molar-refractivity contribution in [3.63, 3.8) is 0 Å². The highest BCUT2D eigenvalue weighted by atomic mass is 19.1. The maximum atomic E-state index is 13.6. The molecule has 2 aromatic rings. The number of carbonyl (C=O) groups is 1. The minimum absolute atomic E-state index is 0.0910.